The van der Waals surface area contributed by atoms with Gasteiger partial charge in [-0.3, -0.25) is 9.59 Å². The lowest BCUT2D eigenvalue weighted by molar-refractivity contribution is -0.923. The Labute approximate surface area is 174 Å². The monoisotopic (exact) mass is 428 g/mol. The number of carbonyl (C=O) groups is 3. The topological polar surface area (TPSA) is 129 Å². The van der Waals surface area contributed by atoms with Crippen LogP contribution in [0.5, 0.6) is 0 Å². The number of quaternary nitrogens is 2. The van der Waals surface area contributed by atoms with Gasteiger partial charge in [0.25, 0.3) is 11.8 Å². The van der Waals surface area contributed by atoms with Crippen molar-refractivity contribution >= 4 is 34.1 Å². The number of hydrogen-bond donors (Lipinski definition) is 4. The molecule has 0 radical (unpaired) electrons. The number of nitrogens with two attached hydrogens (primary N) is 2. The third-order valence-corrected chi connectivity index (χ3v) is 6.43. The smallest absolute Gasteiger partial charge is 0.341 e. The number of carbonyl (C=O) groups excluding carboxylic acids is 3. The van der Waals surface area contributed by atoms with Crippen molar-refractivity contribution in [3.8, 4) is 0 Å². The highest BCUT2D eigenvalue weighted by molar-refractivity contribution is 7.18. The minimum absolute atomic E-state index is 0.0787. The van der Waals surface area contributed by atoms with Gasteiger partial charge in [-0.2, -0.15) is 0 Å². The van der Waals surface area contributed by atoms with Crippen LogP contribution in [0.15, 0.2) is 0 Å². The fourth-order valence-corrected chi connectivity index (χ4v) is 4.76. The molecule has 1 aromatic rings. The summed E-state index contributed by atoms with van der Waals surface area (Å²) in [5.41, 5.74) is 5.99. The number of hydrogen-bond acceptors (Lipinski definition) is 6. The first-order valence-corrected chi connectivity index (χ1v) is 10.8. The number of thiophene rings is 1. The lowest BCUT2D eigenvalue weighted by Crippen LogP contribution is -3.16. The molecule has 2 heterocycles. The Morgan fingerprint density at radius 3 is 2.76 bits per heavy atom. The van der Waals surface area contributed by atoms with Gasteiger partial charge in [-0.1, -0.05) is 0 Å². The summed E-state index contributed by atoms with van der Waals surface area (Å²) >= 11 is 0.996. The van der Waals surface area contributed by atoms with E-state index < -0.39 is 11.9 Å². The SMILES string of the molecule is CC[NH+]1CCC[C@@H]1C[NH2+]CC(=O)Nc1sc(C(N)=O)c(C)c1C(=O)OCCOC. The molecule has 1 aromatic heterocycles. The van der Waals surface area contributed by atoms with Crippen molar-refractivity contribution in [2.75, 3.05) is 51.8 Å². The molecule has 6 N–H and O–H groups in total. The Morgan fingerprint density at radius 1 is 1.34 bits per heavy atom. The summed E-state index contributed by atoms with van der Waals surface area (Å²) in [4.78, 5) is 38.4. The van der Waals surface area contributed by atoms with E-state index in [-0.39, 0.29) is 36.1 Å². The average molecular weight is 429 g/mol. The molecule has 1 aliphatic heterocycles. The van der Waals surface area contributed by atoms with Gasteiger partial charge in [-0.15, -0.1) is 11.3 Å². The van der Waals surface area contributed by atoms with Crippen LogP contribution in [0.1, 0.15) is 45.4 Å². The highest BCUT2D eigenvalue weighted by Gasteiger charge is 2.29. The maximum Gasteiger partial charge on any atom is 0.341 e. The van der Waals surface area contributed by atoms with E-state index in [1.54, 1.807) is 11.8 Å². The molecule has 10 heteroatoms. The van der Waals surface area contributed by atoms with Gasteiger partial charge in [0, 0.05) is 20.0 Å². The molecule has 0 bridgehead atoms. The van der Waals surface area contributed by atoms with Gasteiger partial charge in [-0.25, -0.2) is 4.79 Å². The number of primary amides is 1. The minimum atomic E-state index is -0.644. The molecule has 2 amide bonds. The molecule has 1 unspecified atom stereocenters. The zero-order valence-corrected chi connectivity index (χ0v) is 18.2. The van der Waals surface area contributed by atoms with E-state index in [1.807, 2.05) is 5.32 Å². The summed E-state index contributed by atoms with van der Waals surface area (Å²) in [6.45, 7) is 7.56. The molecule has 29 heavy (non-hydrogen) atoms. The first-order chi connectivity index (χ1) is 13.9. The summed E-state index contributed by atoms with van der Waals surface area (Å²) < 4.78 is 10.0. The Morgan fingerprint density at radius 2 is 2.10 bits per heavy atom. The summed E-state index contributed by atoms with van der Waals surface area (Å²) in [5, 5.41) is 5.03. The fourth-order valence-electron chi connectivity index (χ4n) is 3.70. The molecule has 0 aromatic carbocycles. The lowest BCUT2D eigenvalue weighted by atomic mass is 10.1. The number of likely N-dealkylation sites (tertiary alicyclic amines) is 1. The number of nitrogens with one attached hydrogen (secondary N) is 2. The molecule has 1 aliphatic rings. The number of methoxy groups -OCH3 is 1. The molecule has 0 spiro atoms. The Bertz CT molecular complexity index is 736. The molecule has 1 saturated heterocycles. The zero-order chi connectivity index (χ0) is 21.4. The largest absolute Gasteiger partial charge is 0.460 e. The van der Waals surface area contributed by atoms with Gasteiger partial charge in [-0.05, 0) is 19.4 Å². The second kappa shape index (κ2) is 11.2. The van der Waals surface area contributed by atoms with Crippen LogP contribution in [0, 0.1) is 6.92 Å². The first kappa shape index (κ1) is 23.3. The summed E-state index contributed by atoms with van der Waals surface area (Å²) in [5.74, 6) is -1.49. The van der Waals surface area contributed by atoms with E-state index >= 15 is 0 Å². The number of rotatable bonds is 11. The molecule has 1 fully saturated rings. The van der Waals surface area contributed by atoms with E-state index in [1.165, 1.54) is 26.5 Å². The van der Waals surface area contributed by atoms with Crippen molar-refractivity contribution in [1.82, 2.24) is 0 Å². The van der Waals surface area contributed by atoms with E-state index in [2.05, 4.69) is 12.2 Å². The highest BCUT2D eigenvalue weighted by atomic mass is 32.1. The van der Waals surface area contributed by atoms with Crippen LogP contribution in [-0.4, -0.2) is 70.3 Å². The lowest BCUT2D eigenvalue weighted by Gasteiger charge is -2.18. The van der Waals surface area contributed by atoms with Crippen LogP contribution in [0.25, 0.3) is 0 Å². The molecule has 2 atom stereocenters. The quantitative estimate of drug-likeness (QED) is 0.253. The standard InChI is InChI=1S/C19H30N4O5S/c1-4-23-7-5-6-13(23)10-21-11-14(24)22-18-15(19(26)28-9-8-27-3)12(2)16(29-18)17(20)25/h13,21H,4-11H2,1-3H3,(H2,20,25)(H,22,24)/p+2/t13-/m1/s1. The van der Waals surface area contributed by atoms with Gasteiger partial charge in [0.2, 0.25) is 0 Å². The predicted molar refractivity (Wildman–Crippen MR) is 109 cm³/mol. The van der Waals surface area contributed by atoms with Gasteiger partial charge in [0.15, 0.2) is 6.54 Å². The molecule has 0 aliphatic carbocycles. The van der Waals surface area contributed by atoms with Crippen molar-refractivity contribution in [2.24, 2.45) is 5.73 Å². The maximum absolute atomic E-state index is 12.5. The molecular formula is C19H32N4O5S+2. The highest BCUT2D eigenvalue weighted by Crippen LogP contribution is 2.33. The van der Waals surface area contributed by atoms with Crippen LogP contribution >= 0.6 is 11.3 Å². The number of esters is 1. The van der Waals surface area contributed by atoms with Crippen LogP contribution in [0.4, 0.5) is 5.00 Å². The zero-order valence-electron chi connectivity index (χ0n) is 17.3. The van der Waals surface area contributed by atoms with Crippen molar-refractivity contribution in [3.05, 3.63) is 16.0 Å². The third-order valence-electron chi connectivity index (χ3n) is 5.21. The number of ether oxygens (including phenoxy) is 2. The molecule has 9 nitrogen and oxygen atoms in total. The van der Waals surface area contributed by atoms with Crippen LogP contribution in [0.3, 0.4) is 0 Å². The van der Waals surface area contributed by atoms with Gasteiger partial charge < -0.3 is 30.7 Å². The van der Waals surface area contributed by atoms with Crippen LogP contribution in [0.2, 0.25) is 0 Å². The van der Waals surface area contributed by atoms with E-state index in [0.29, 0.717) is 16.6 Å². The number of likely N-dealkylation sites (N-methyl/N-ethyl adjacent to an activating group) is 1. The van der Waals surface area contributed by atoms with Gasteiger partial charge in [0.05, 0.1) is 30.1 Å². The predicted octanol–water partition coefficient (Wildman–Crippen LogP) is -1.47. The van der Waals surface area contributed by atoms with Crippen molar-refractivity contribution in [1.29, 1.82) is 0 Å². The first-order valence-electron chi connectivity index (χ1n) is 9.94. The van der Waals surface area contributed by atoms with Gasteiger partial charge in [0.1, 0.15) is 24.2 Å². The Hall–Kier alpha value is -2.01. The second-order valence-electron chi connectivity index (χ2n) is 7.13. The second-order valence-corrected chi connectivity index (χ2v) is 8.15. The molecular weight excluding hydrogens is 396 g/mol. The average Bonchev–Trinajstić information content (AvgIpc) is 3.25. The maximum atomic E-state index is 12.5. The summed E-state index contributed by atoms with van der Waals surface area (Å²) in [6, 6.07) is 0.574. The van der Waals surface area contributed by atoms with E-state index in [9.17, 15) is 14.4 Å². The molecule has 162 valence electrons. The van der Waals surface area contributed by atoms with Crippen molar-refractivity contribution in [2.45, 2.75) is 32.7 Å². The summed E-state index contributed by atoms with van der Waals surface area (Å²) in [6.07, 6.45) is 2.41. The normalized spacial score (nSPS) is 18.6. The number of amides is 2. The fraction of sp³-hybridized carbons (Fsp3) is 0.632. The van der Waals surface area contributed by atoms with Crippen LogP contribution in [-0.2, 0) is 14.3 Å². The van der Waals surface area contributed by atoms with E-state index in [4.69, 9.17) is 15.2 Å². The Kier molecular flexibility index (Phi) is 9.02. The van der Waals surface area contributed by atoms with E-state index in [0.717, 1.165) is 24.4 Å². The third kappa shape index (κ3) is 6.23. The van der Waals surface area contributed by atoms with Crippen LogP contribution < -0.4 is 21.3 Å². The molecule has 0 saturated carbocycles. The van der Waals surface area contributed by atoms with Crippen molar-refractivity contribution < 1.29 is 34.1 Å². The van der Waals surface area contributed by atoms with Gasteiger partial charge >= 0.3 is 5.97 Å². The summed E-state index contributed by atoms with van der Waals surface area (Å²) in [7, 11) is 1.50. The minimum Gasteiger partial charge on any atom is -0.460 e. The van der Waals surface area contributed by atoms with Crippen molar-refractivity contribution in [3.63, 3.8) is 0 Å². The Balaban J connectivity index is 2.00. The molecule has 2 rings (SSSR count). The number of anilines is 1.